The molecule has 0 aliphatic rings. The van der Waals surface area contributed by atoms with Crippen molar-refractivity contribution in [2.75, 3.05) is 17.3 Å². The van der Waals surface area contributed by atoms with Crippen molar-refractivity contribution in [2.24, 2.45) is 5.73 Å². The summed E-state index contributed by atoms with van der Waals surface area (Å²) in [4.78, 5) is 27.0. The Hall–Kier alpha value is -5.53. The number of nitrogens with one attached hydrogen (secondary N) is 4. The molecule has 45 heavy (non-hydrogen) atoms. The van der Waals surface area contributed by atoms with Crippen molar-refractivity contribution < 1.29 is 37.3 Å². The summed E-state index contributed by atoms with van der Waals surface area (Å²) in [6, 6.07) is 23.1. The van der Waals surface area contributed by atoms with Crippen LogP contribution in [0.5, 0.6) is 11.5 Å². The first-order valence-electron chi connectivity index (χ1n) is 13.6. The molecule has 11 nitrogen and oxygen atoms in total. The molecule has 0 aliphatic carbocycles. The summed E-state index contributed by atoms with van der Waals surface area (Å²) in [5.41, 5.74) is 14.0. The van der Waals surface area contributed by atoms with Crippen LogP contribution < -0.4 is 31.4 Å². The number of carbonyl (C=O) groups excluding carboxylic acids is 1. The lowest BCUT2D eigenvalue weighted by atomic mass is 10.0. The summed E-state index contributed by atoms with van der Waals surface area (Å²) in [5, 5.41) is 19.0. The van der Waals surface area contributed by atoms with Crippen LogP contribution in [0.15, 0.2) is 78.9 Å². The molecule has 0 spiro atoms. The Morgan fingerprint density at radius 1 is 1.00 bits per heavy atom. The molecule has 1 amide bonds. The zero-order valence-corrected chi connectivity index (χ0v) is 24.6. The monoisotopic (exact) mass is 626 g/mol. The number of amidine groups is 1. The Morgan fingerprint density at radius 3 is 2.27 bits per heavy atom. The van der Waals surface area contributed by atoms with Gasteiger partial charge in [-0.1, -0.05) is 24.3 Å². The number of alkyl halides is 3. The average Bonchev–Trinajstić information content (AvgIpc) is 2.99. The van der Waals surface area contributed by atoms with Crippen LogP contribution in [0.3, 0.4) is 0 Å². The largest absolute Gasteiger partial charge is 0.490 e. The lowest BCUT2D eigenvalue weighted by Crippen LogP contribution is -2.37. The Labute approximate surface area is 257 Å². The second kappa shape index (κ2) is 15.3. The third kappa shape index (κ3) is 10.0. The highest BCUT2D eigenvalue weighted by atomic mass is 19.4. The molecule has 0 fully saturated rings. The molecule has 238 valence electrons. The molecule has 1 atom stereocenters. The predicted octanol–water partition coefficient (Wildman–Crippen LogP) is 5.63. The van der Waals surface area contributed by atoms with Crippen LogP contribution in [0.1, 0.15) is 37.9 Å². The van der Waals surface area contributed by atoms with E-state index in [9.17, 15) is 18.0 Å². The fraction of sp³-hybridized carbons (Fsp3) is 0.226. The van der Waals surface area contributed by atoms with Gasteiger partial charge in [0, 0.05) is 16.6 Å². The number of aromatic nitrogens is 1. The van der Waals surface area contributed by atoms with Gasteiger partial charge >= 0.3 is 12.1 Å². The smallest absolute Gasteiger partial charge is 0.490 e. The van der Waals surface area contributed by atoms with Gasteiger partial charge in [0.2, 0.25) is 0 Å². The standard InChI is InChI=1S/C29H32N6O3.C2HF3O2/c1-4-37-25-17-21(11-15-24(25)38-18(2)3)27(32-22-13-9-20(10-14-22)28(30)31)29(36)35-34-26-16-12-19-7-5-6-8-23(19)33-26;3-2(4,5)1(6)7/h5-18,27,32H,4H2,1-3H3,(H3,30,31)(H,33,34)(H,35,36);(H,6,7). The highest BCUT2D eigenvalue weighted by Gasteiger charge is 2.38. The van der Waals surface area contributed by atoms with Crippen LogP contribution in [0.25, 0.3) is 10.9 Å². The van der Waals surface area contributed by atoms with Crippen molar-refractivity contribution in [1.82, 2.24) is 10.4 Å². The van der Waals surface area contributed by atoms with E-state index in [1.165, 1.54) is 0 Å². The summed E-state index contributed by atoms with van der Waals surface area (Å²) in [6.45, 7) is 6.23. The molecule has 1 heterocycles. The van der Waals surface area contributed by atoms with Gasteiger partial charge in [-0.15, -0.1) is 0 Å². The maximum atomic E-state index is 13.5. The maximum Gasteiger partial charge on any atom is 0.490 e. The van der Waals surface area contributed by atoms with Gasteiger partial charge < -0.3 is 25.6 Å². The number of amides is 1. The fourth-order valence-corrected chi connectivity index (χ4v) is 3.87. The van der Waals surface area contributed by atoms with Gasteiger partial charge in [-0.2, -0.15) is 13.2 Å². The van der Waals surface area contributed by atoms with E-state index < -0.39 is 18.2 Å². The fourth-order valence-electron chi connectivity index (χ4n) is 3.87. The van der Waals surface area contributed by atoms with E-state index >= 15 is 0 Å². The Kier molecular flexibility index (Phi) is 11.5. The van der Waals surface area contributed by atoms with E-state index in [4.69, 9.17) is 30.5 Å². The minimum Gasteiger partial charge on any atom is -0.490 e. The highest BCUT2D eigenvalue weighted by molar-refractivity contribution is 5.95. The van der Waals surface area contributed by atoms with Crippen molar-refractivity contribution >= 4 is 40.1 Å². The van der Waals surface area contributed by atoms with E-state index in [1.54, 1.807) is 42.5 Å². The lowest BCUT2D eigenvalue weighted by molar-refractivity contribution is -0.192. The molecule has 4 aromatic rings. The van der Waals surface area contributed by atoms with Gasteiger partial charge in [0.25, 0.3) is 5.91 Å². The Morgan fingerprint density at radius 2 is 1.67 bits per heavy atom. The number of carbonyl (C=O) groups is 2. The van der Waals surface area contributed by atoms with Gasteiger partial charge in [-0.25, -0.2) is 9.78 Å². The van der Waals surface area contributed by atoms with Crippen LogP contribution in [0.2, 0.25) is 0 Å². The summed E-state index contributed by atoms with van der Waals surface area (Å²) < 4.78 is 43.4. The first-order chi connectivity index (χ1) is 21.3. The van der Waals surface area contributed by atoms with E-state index in [0.717, 1.165) is 10.9 Å². The number of hydrogen-bond donors (Lipinski definition) is 6. The second-order valence-corrected chi connectivity index (χ2v) is 9.68. The number of nitrogens with two attached hydrogens (primary N) is 1. The number of carboxylic acid groups (broad SMARTS) is 1. The summed E-state index contributed by atoms with van der Waals surface area (Å²) >= 11 is 0. The number of nitrogen functional groups attached to an aromatic ring is 1. The third-order valence-electron chi connectivity index (χ3n) is 5.89. The van der Waals surface area contributed by atoms with Crippen molar-refractivity contribution in [3.05, 3.63) is 90.0 Å². The third-order valence-corrected chi connectivity index (χ3v) is 5.89. The zero-order chi connectivity index (χ0) is 33.1. The number of anilines is 2. The molecule has 1 aromatic heterocycles. The molecule has 4 rings (SSSR count). The number of para-hydroxylation sites is 1. The molecular weight excluding hydrogens is 593 g/mol. The minimum atomic E-state index is -5.08. The van der Waals surface area contributed by atoms with Crippen LogP contribution in [0, 0.1) is 5.41 Å². The van der Waals surface area contributed by atoms with Crippen LogP contribution in [0.4, 0.5) is 24.7 Å². The van der Waals surface area contributed by atoms with Crippen molar-refractivity contribution in [1.29, 1.82) is 5.41 Å². The number of pyridine rings is 1. The zero-order valence-electron chi connectivity index (χ0n) is 24.6. The van der Waals surface area contributed by atoms with E-state index in [-0.39, 0.29) is 17.8 Å². The van der Waals surface area contributed by atoms with E-state index in [2.05, 4.69) is 21.2 Å². The Bertz CT molecular complexity index is 1630. The maximum absolute atomic E-state index is 13.5. The van der Waals surface area contributed by atoms with Crippen molar-refractivity contribution in [3.8, 4) is 11.5 Å². The number of rotatable bonds is 11. The van der Waals surface area contributed by atoms with Crippen molar-refractivity contribution in [3.63, 3.8) is 0 Å². The van der Waals surface area contributed by atoms with Gasteiger partial charge in [0.15, 0.2) is 11.5 Å². The number of benzene rings is 3. The number of carboxylic acids is 1. The molecule has 0 radical (unpaired) electrons. The van der Waals surface area contributed by atoms with Gasteiger partial charge in [0.05, 0.1) is 18.2 Å². The average molecular weight is 627 g/mol. The molecule has 0 bridgehead atoms. The normalized spacial score (nSPS) is 11.5. The molecule has 14 heteroatoms. The quantitative estimate of drug-likeness (QED) is 0.0701. The van der Waals surface area contributed by atoms with Gasteiger partial charge in [0.1, 0.15) is 17.7 Å². The van der Waals surface area contributed by atoms with Crippen LogP contribution in [-0.2, 0) is 9.59 Å². The molecule has 7 N–H and O–H groups in total. The van der Waals surface area contributed by atoms with Crippen molar-refractivity contribution in [2.45, 2.75) is 39.1 Å². The number of hydrazine groups is 1. The summed E-state index contributed by atoms with van der Waals surface area (Å²) in [7, 11) is 0. The van der Waals surface area contributed by atoms with E-state index in [1.807, 2.05) is 57.2 Å². The summed E-state index contributed by atoms with van der Waals surface area (Å²) in [6.07, 6.45) is -5.12. The number of ether oxygens (including phenoxy) is 2. The predicted molar refractivity (Wildman–Crippen MR) is 164 cm³/mol. The number of halogens is 3. The highest BCUT2D eigenvalue weighted by Crippen LogP contribution is 2.33. The molecule has 1 unspecified atom stereocenters. The lowest BCUT2D eigenvalue weighted by Gasteiger charge is -2.22. The minimum absolute atomic E-state index is 0.0278. The van der Waals surface area contributed by atoms with Gasteiger partial charge in [-0.05, 0) is 80.9 Å². The van der Waals surface area contributed by atoms with Gasteiger partial charge in [-0.3, -0.25) is 21.1 Å². The molecule has 0 saturated heterocycles. The number of fused-ring (bicyclic) bond motifs is 1. The SMILES string of the molecule is CCOc1cc(C(Nc2ccc(C(=N)N)cc2)C(=O)NNc2ccc3ccccc3n2)ccc1OC(C)C.O=C(O)C(F)(F)F. The number of nitrogens with zero attached hydrogens (tertiary/aromatic N) is 1. The molecular formula is C31H33F3N6O5. The first kappa shape index (κ1) is 34.0. The van der Waals surface area contributed by atoms with E-state index in [0.29, 0.717) is 40.7 Å². The first-order valence-corrected chi connectivity index (χ1v) is 13.6. The van der Waals surface area contributed by atoms with Crippen LogP contribution in [-0.4, -0.2) is 46.7 Å². The summed E-state index contributed by atoms with van der Waals surface area (Å²) in [5.74, 6) is -1.45. The second-order valence-electron chi connectivity index (χ2n) is 9.68. The number of hydrogen-bond acceptors (Lipinski definition) is 8. The number of aliphatic carboxylic acids is 1. The Balaban J connectivity index is 0.000000707. The van der Waals surface area contributed by atoms with Crippen LogP contribution >= 0.6 is 0 Å². The molecule has 0 saturated carbocycles. The molecule has 3 aromatic carbocycles. The topological polar surface area (TPSA) is 172 Å². The molecule has 0 aliphatic heterocycles.